The van der Waals surface area contributed by atoms with Crippen molar-refractivity contribution in [3.05, 3.63) is 58.6 Å². The van der Waals surface area contributed by atoms with Crippen LogP contribution in [0.15, 0.2) is 53.4 Å². The van der Waals surface area contributed by atoms with Crippen LogP contribution < -0.4 is 5.14 Å². The highest BCUT2D eigenvalue weighted by molar-refractivity contribution is 7.89. The Kier molecular flexibility index (Phi) is 5.20. The molecule has 0 spiro atoms. The predicted molar refractivity (Wildman–Crippen MR) is 114 cm³/mol. The van der Waals surface area contributed by atoms with Crippen LogP contribution in [0.25, 0.3) is 21.7 Å². The van der Waals surface area contributed by atoms with Gasteiger partial charge in [0.05, 0.1) is 15.5 Å². The molecule has 0 radical (unpaired) electrons. The third-order valence-corrected chi connectivity index (χ3v) is 7.06. The molecule has 1 aromatic heterocycles. The van der Waals surface area contributed by atoms with Crippen LogP contribution in [0.4, 0.5) is 0 Å². The molecule has 4 rings (SSSR count). The van der Waals surface area contributed by atoms with Crippen LogP contribution in [0, 0.1) is 0 Å². The van der Waals surface area contributed by atoms with E-state index in [4.69, 9.17) is 16.7 Å². The monoisotopic (exact) mass is 447 g/mol. The molecular formula is C20H18ClN3O3S2. The molecule has 2 N–H and O–H groups in total. The molecular weight excluding hydrogens is 430 g/mol. The van der Waals surface area contributed by atoms with Gasteiger partial charge in [-0.25, -0.2) is 18.5 Å². The highest BCUT2D eigenvalue weighted by Gasteiger charge is 2.32. The predicted octanol–water partition coefficient (Wildman–Crippen LogP) is 4.01. The Labute approximate surface area is 178 Å². The first-order chi connectivity index (χ1) is 13.7. The van der Waals surface area contributed by atoms with E-state index in [1.807, 2.05) is 12.1 Å². The minimum absolute atomic E-state index is 0.0311. The molecule has 1 aliphatic carbocycles. The largest absolute Gasteiger partial charge is 0.337 e. The van der Waals surface area contributed by atoms with Crippen molar-refractivity contribution in [1.82, 2.24) is 9.88 Å². The van der Waals surface area contributed by atoms with Crippen LogP contribution in [-0.2, 0) is 10.0 Å². The molecule has 1 heterocycles. The van der Waals surface area contributed by atoms with Crippen molar-refractivity contribution >= 4 is 38.9 Å². The summed E-state index contributed by atoms with van der Waals surface area (Å²) in [5.41, 5.74) is 2.24. The molecule has 6 nitrogen and oxygen atoms in total. The molecule has 0 bridgehead atoms. The highest BCUT2D eigenvalue weighted by atomic mass is 35.5. The van der Waals surface area contributed by atoms with Crippen LogP contribution in [0.3, 0.4) is 0 Å². The molecule has 0 unspecified atom stereocenters. The molecule has 1 aliphatic rings. The molecule has 1 saturated carbocycles. The number of aromatic nitrogens is 1. The minimum Gasteiger partial charge on any atom is -0.337 e. The lowest BCUT2D eigenvalue weighted by Crippen LogP contribution is -2.28. The molecule has 0 aliphatic heterocycles. The van der Waals surface area contributed by atoms with Crippen molar-refractivity contribution in [1.29, 1.82) is 0 Å². The van der Waals surface area contributed by atoms with Gasteiger partial charge in [-0.2, -0.15) is 0 Å². The number of sulfonamides is 1. The standard InChI is InChI=1S/C20H18ClN3O3S2/c1-24(15-8-9-15)20(25)19-23-17(12-2-6-14(21)7-3-12)18(28-19)13-4-10-16(11-5-13)29(22,26)27/h2-7,10-11,15H,8-9H2,1H3,(H2,22,26,27). The Morgan fingerprint density at radius 2 is 1.69 bits per heavy atom. The lowest BCUT2D eigenvalue weighted by Gasteiger charge is -2.13. The average molecular weight is 448 g/mol. The van der Waals surface area contributed by atoms with E-state index in [0.29, 0.717) is 15.7 Å². The Hall–Kier alpha value is -2.26. The maximum absolute atomic E-state index is 12.9. The summed E-state index contributed by atoms with van der Waals surface area (Å²) in [6.07, 6.45) is 2.03. The number of thiazole rings is 1. The van der Waals surface area contributed by atoms with Gasteiger partial charge in [-0.3, -0.25) is 4.79 Å². The molecule has 1 amide bonds. The lowest BCUT2D eigenvalue weighted by molar-refractivity contribution is 0.0785. The van der Waals surface area contributed by atoms with Gasteiger partial charge in [-0.15, -0.1) is 11.3 Å². The fourth-order valence-electron chi connectivity index (χ4n) is 2.99. The SMILES string of the molecule is CN(C(=O)c1nc(-c2ccc(Cl)cc2)c(-c2ccc(S(N)(=O)=O)cc2)s1)C1CC1. The second-order valence-corrected chi connectivity index (χ2v) is 9.92. The zero-order chi connectivity index (χ0) is 20.8. The number of halogens is 1. The zero-order valence-corrected chi connectivity index (χ0v) is 17.9. The van der Waals surface area contributed by atoms with Gasteiger partial charge in [0.15, 0.2) is 5.01 Å². The van der Waals surface area contributed by atoms with Crippen molar-refractivity contribution < 1.29 is 13.2 Å². The van der Waals surface area contributed by atoms with Gasteiger partial charge in [0.2, 0.25) is 10.0 Å². The molecule has 150 valence electrons. The zero-order valence-electron chi connectivity index (χ0n) is 15.5. The van der Waals surface area contributed by atoms with Crippen molar-refractivity contribution in [2.45, 2.75) is 23.8 Å². The summed E-state index contributed by atoms with van der Waals surface area (Å²) in [6.45, 7) is 0. The minimum atomic E-state index is -3.78. The van der Waals surface area contributed by atoms with E-state index in [1.54, 1.807) is 36.2 Å². The number of primary sulfonamides is 1. The average Bonchev–Trinajstić information content (AvgIpc) is 3.45. The maximum Gasteiger partial charge on any atom is 0.282 e. The van der Waals surface area contributed by atoms with Gasteiger partial charge in [-0.05, 0) is 42.7 Å². The van der Waals surface area contributed by atoms with E-state index in [0.717, 1.165) is 28.8 Å². The van der Waals surface area contributed by atoms with E-state index in [2.05, 4.69) is 4.98 Å². The summed E-state index contributed by atoms with van der Waals surface area (Å²) in [6, 6.07) is 13.8. The van der Waals surface area contributed by atoms with Gasteiger partial charge >= 0.3 is 0 Å². The van der Waals surface area contributed by atoms with E-state index >= 15 is 0 Å². The van der Waals surface area contributed by atoms with E-state index in [9.17, 15) is 13.2 Å². The Morgan fingerprint density at radius 1 is 1.10 bits per heavy atom. The van der Waals surface area contributed by atoms with Gasteiger partial charge < -0.3 is 4.90 Å². The third kappa shape index (κ3) is 4.20. The van der Waals surface area contributed by atoms with Crippen molar-refractivity contribution in [2.75, 3.05) is 7.05 Å². The van der Waals surface area contributed by atoms with Gasteiger partial charge in [-0.1, -0.05) is 35.9 Å². The number of carbonyl (C=O) groups excluding carboxylic acids is 1. The van der Waals surface area contributed by atoms with Crippen LogP contribution in [0.2, 0.25) is 5.02 Å². The number of nitrogens with two attached hydrogens (primary N) is 1. The van der Waals surface area contributed by atoms with Crippen LogP contribution in [-0.4, -0.2) is 37.3 Å². The smallest absolute Gasteiger partial charge is 0.282 e. The quantitative estimate of drug-likeness (QED) is 0.639. The normalized spacial score (nSPS) is 14.0. The maximum atomic E-state index is 12.9. The Bertz CT molecular complexity index is 1170. The molecule has 29 heavy (non-hydrogen) atoms. The summed E-state index contributed by atoms with van der Waals surface area (Å²) in [5, 5.41) is 6.19. The molecule has 9 heteroatoms. The van der Waals surface area contributed by atoms with Crippen LogP contribution >= 0.6 is 22.9 Å². The Balaban J connectivity index is 1.80. The first kappa shape index (κ1) is 20.0. The summed E-state index contributed by atoms with van der Waals surface area (Å²) < 4.78 is 23.1. The summed E-state index contributed by atoms with van der Waals surface area (Å²) >= 11 is 7.30. The summed E-state index contributed by atoms with van der Waals surface area (Å²) in [7, 11) is -1.98. The van der Waals surface area contributed by atoms with Gasteiger partial charge in [0.1, 0.15) is 0 Å². The molecule has 3 aromatic rings. The lowest BCUT2D eigenvalue weighted by atomic mass is 10.1. The van der Waals surface area contributed by atoms with Crippen molar-refractivity contribution in [3.8, 4) is 21.7 Å². The van der Waals surface area contributed by atoms with Gasteiger partial charge in [0, 0.05) is 23.7 Å². The van der Waals surface area contributed by atoms with E-state index in [1.165, 1.54) is 23.5 Å². The van der Waals surface area contributed by atoms with Crippen LogP contribution in [0.1, 0.15) is 22.6 Å². The fraction of sp³-hybridized carbons (Fsp3) is 0.200. The van der Waals surface area contributed by atoms with Crippen molar-refractivity contribution in [3.63, 3.8) is 0 Å². The molecule has 0 atom stereocenters. The number of hydrogen-bond acceptors (Lipinski definition) is 5. The molecule has 1 fully saturated rings. The topological polar surface area (TPSA) is 93.4 Å². The molecule has 0 saturated heterocycles. The first-order valence-electron chi connectivity index (χ1n) is 8.91. The second kappa shape index (κ2) is 7.53. The van der Waals surface area contributed by atoms with Crippen molar-refractivity contribution in [2.24, 2.45) is 5.14 Å². The number of benzene rings is 2. The third-order valence-electron chi connectivity index (χ3n) is 4.79. The number of amides is 1. The van der Waals surface area contributed by atoms with Gasteiger partial charge in [0.25, 0.3) is 5.91 Å². The van der Waals surface area contributed by atoms with Crippen LogP contribution in [0.5, 0.6) is 0 Å². The van der Waals surface area contributed by atoms with E-state index in [-0.39, 0.29) is 16.8 Å². The summed E-state index contributed by atoms with van der Waals surface area (Å²) in [5.74, 6) is -0.111. The second-order valence-electron chi connectivity index (χ2n) is 6.92. The fourth-order valence-corrected chi connectivity index (χ4v) is 4.70. The highest BCUT2D eigenvalue weighted by Crippen LogP contribution is 2.38. The summed E-state index contributed by atoms with van der Waals surface area (Å²) in [4.78, 5) is 20.0. The number of carbonyl (C=O) groups is 1. The number of rotatable bonds is 5. The molecule has 2 aromatic carbocycles. The first-order valence-corrected chi connectivity index (χ1v) is 11.7. The number of nitrogens with zero attached hydrogens (tertiary/aromatic N) is 2. The Morgan fingerprint density at radius 3 is 2.24 bits per heavy atom. The van der Waals surface area contributed by atoms with E-state index < -0.39 is 10.0 Å². The number of hydrogen-bond donors (Lipinski definition) is 1.